The molecule has 1 aromatic carbocycles. The van der Waals surface area contributed by atoms with Crippen LogP contribution in [0.2, 0.25) is 0 Å². The van der Waals surface area contributed by atoms with E-state index in [1.54, 1.807) is 61.4 Å². The highest BCUT2D eigenvalue weighted by atomic mass is 127. The molecule has 0 fully saturated rings. The second-order valence-electron chi connectivity index (χ2n) is 8.16. The minimum absolute atomic E-state index is 0.253. The number of fused-ring (bicyclic) bond motifs is 1. The molecular formula is C27H19FIN5O. The van der Waals surface area contributed by atoms with Crippen molar-refractivity contribution < 1.29 is 4.39 Å². The van der Waals surface area contributed by atoms with Crippen LogP contribution in [-0.4, -0.2) is 24.1 Å². The maximum Gasteiger partial charge on any atom is 0.252 e. The van der Waals surface area contributed by atoms with Crippen LogP contribution in [0.5, 0.6) is 0 Å². The standard InChI is InChI=1S/C27H19FIN5O/c1-4-20-6-5-7-23(32-20)21-13-25(35)34(3)26-22(21)12-18(14-31-26)27(28,24-15-30-16-33(24)2)17-8-10-19(29)11-9-17/h1,5-16H,2-3H3/t27-/m1/s1. The number of terminal acetylenes is 1. The van der Waals surface area contributed by atoms with Crippen molar-refractivity contribution >= 4 is 33.6 Å². The summed E-state index contributed by atoms with van der Waals surface area (Å²) in [5, 5.41) is 0.584. The van der Waals surface area contributed by atoms with Crippen LogP contribution >= 0.6 is 22.6 Å². The minimum atomic E-state index is -2.04. The van der Waals surface area contributed by atoms with Gasteiger partial charge in [-0.15, -0.1) is 6.42 Å². The molecule has 4 aromatic heterocycles. The van der Waals surface area contributed by atoms with Crippen LogP contribution in [0, 0.1) is 15.9 Å². The molecular weight excluding hydrogens is 556 g/mol. The monoisotopic (exact) mass is 575 g/mol. The maximum absolute atomic E-state index is 17.4. The molecule has 0 unspecified atom stereocenters. The van der Waals surface area contributed by atoms with E-state index in [0.29, 0.717) is 44.8 Å². The van der Waals surface area contributed by atoms with Crippen LogP contribution in [0.3, 0.4) is 0 Å². The van der Waals surface area contributed by atoms with E-state index >= 15 is 4.39 Å². The van der Waals surface area contributed by atoms with Gasteiger partial charge in [0.1, 0.15) is 11.3 Å². The van der Waals surface area contributed by atoms with E-state index < -0.39 is 5.67 Å². The molecule has 1 atom stereocenters. The summed E-state index contributed by atoms with van der Waals surface area (Å²) < 4.78 is 21.4. The predicted molar refractivity (Wildman–Crippen MR) is 142 cm³/mol. The fourth-order valence-electron chi connectivity index (χ4n) is 4.22. The fraction of sp³-hybridized carbons (Fsp3) is 0.111. The number of halogens is 2. The van der Waals surface area contributed by atoms with Crippen LogP contribution in [0.1, 0.15) is 22.5 Å². The normalized spacial score (nSPS) is 12.9. The molecule has 0 aliphatic carbocycles. The minimum Gasteiger partial charge on any atom is -0.334 e. The highest BCUT2D eigenvalue weighted by molar-refractivity contribution is 14.1. The number of pyridine rings is 3. The first-order valence-corrected chi connectivity index (χ1v) is 11.8. The highest BCUT2D eigenvalue weighted by Crippen LogP contribution is 2.41. The van der Waals surface area contributed by atoms with Gasteiger partial charge in [0.15, 0.2) is 0 Å². The Bertz CT molecular complexity index is 1680. The summed E-state index contributed by atoms with van der Waals surface area (Å²) in [5.74, 6) is 2.52. The number of alkyl halides is 1. The molecule has 0 aliphatic rings. The first-order valence-electron chi connectivity index (χ1n) is 10.7. The lowest BCUT2D eigenvalue weighted by Crippen LogP contribution is -2.27. The Hall–Kier alpha value is -3.84. The molecule has 8 heteroatoms. The molecule has 4 heterocycles. The second-order valence-corrected chi connectivity index (χ2v) is 9.40. The van der Waals surface area contributed by atoms with E-state index in [1.807, 2.05) is 12.1 Å². The molecule has 6 nitrogen and oxygen atoms in total. The molecule has 0 radical (unpaired) electrons. The molecule has 0 amide bonds. The Kier molecular flexibility index (Phi) is 5.73. The second kappa shape index (κ2) is 8.74. The average molecular weight is 575 g/mol. The molecule has 5 aromatic rings. The maximum atomic E-state index is 17.4. The molecule has 172 valence electrons. The number of benzene rings is 1. The van der Waals surface area contributed by atoms with E-state index in [0.717, 1.165) is 3.57 Å². The molecule has 35 heavy (non-hydrogen) atoms. The van der Waals surface area contributed by atoms with Gasteiger partial charge in [-0.2, -0.15) is 0 Å². The summed E-state index contributed by atoms with van der Waals surface area (Å²) in [7, 11) is 3.39. The van der Waals surface area contributed by atoms with Crippen molar-refractivity contribution in [3.8, 4) is 23.6 Å². The van der Waals surface area contributed by atoms with Gasteiger partial charge in [-0.1, -0.05) is 24.1 Å². The van der Waals surface area contributed by atoms with Gasteiger partial charge in [0.2, 0.25) is 5.67 Å². The zero-order valence-electron chi connectivity index (χ0n) is 18.9. The van der Waals surface area contributed by atoms with Gasteiger partial charge in [-0.3, -0.25) is 9.36 Å². The highest BCUT2D eigenvalue weighted by Gasteiger charge is 2.40. The van der Waals surface area contributed by atoms with E-state index in [1.165, 1.54) is 23.0 Å². The quantitative estimate of drug-likeness (QED) is 0.233. The Labute approximate surface area is 214 Å². The predicted octanol–water partition coefficient (Wildman–Crippen LogP) is 4.58. The fourth-order valence-corrected chi connectivity index (χ4v) is 4.58. The van der Waals surface area contributed by atoms with Crippen LogP contribution in [-0.2, 0) is 19.8 Å². The van der Waals surface area contributed by atoms with Gasteiger partial charge in [-0.05, 0) is 58.5 Å². The van der Waals surface area contributed by atoms with E-state index in [-0.39, 0.29) is 5.56 Å². The molecule has 5 rings (SSSR count). The largest absolute Gasteiger partial charge is 0.334 e. The van der Waals surface area contributed by atoms with Crippen LogP contribution < -0.4 is 5.56 Å². The smallest absolute Gasteiger partial charge is 0.252 e. The molecule has 0 saturated carbocycles. The number of rotatable bonds is 4. The summed E-state index contributed by atoms with van der Waals surface area (Å²) in [6.07, 6.45) is 10.1. The molecule has 0 bridgehead atoms. The lowest BCUT2D eigenvalue weighted by Gasteiger charge is -2.27. The third-order valence-corrected chi connectivity index (χ3v) is 6.77. The summed E-state index contributed by atoms with van der Waals surface area (Å²) in [5.41, 5.74) is 0.718. The van der Waals surface area contributed by atoms with Gasteiger partial charge in [0, 0.05) is 46.4 Å². The first kappa shape index (κ1) is 22.9. The lowest BCUT2D eigenvalue weighted by atomic mass is 9.85. The average Bonchev–Trinajstić information content (AvgIpc) is 3.32. The van der Waals surface area contributed by atoms with E-state index in [9.17, 15) is 4.79 Å². The van der Waals surface area contributed by atoms with Gasteiger partial charge in [-0.25, -0.2) is 19.3 Å². The van der Waals surface area contributed by atoms with Crippen molar-refractivity contribution in [1.29, 1.82) is 0 Å². The van der Waals surface area contributed by atoms with Crippen molar-refractivity contribution in [3.63, 3.8) is 0 Å². The van der Waals surface area contributed by atoms with E-state index in [2.05, 4.69) is 43.5 Å². The van der Waals surface area contributed by atoms with Crippen molar-refractivity contribution in [2.24, 2.45) is 14.1 Å². The molecule has 0 saturated heterocycles. The van der Waals surface area contributed by atoms with Crippen LogP contribution in [0.4, 0.5) is 4.39 Å². The van der Waals surface area contributed by atoms with Crippen molar-refractivity contribution in [1.82, 2.24) is 24.1 Å². The zero-order valence-corrected chi connectivity index (χ0v) is 21.1. The topological polar surface area (TPSA) is 65.6 Å². The van der Waals surface area contributed by atoms with Gasteiger partial charge in [0.25, 0.3) is 5.56 Å². The van der Waals surface area contributed by atoms with Crippen molar-refractivity contribution in [2.75, 3.05) is 0 Å². The molecule has 0 N–H and O–H groups in total. The Morgan fingerprint density at radius 3 is 2.51 bits per heavy atom. The SMILES string of the molecule is C#Cc1cccc(-c2cc(=O)n(C)c3ncc([C@](F)(c4ccc(I)cc4)c4cncn4C)cc23)n1. The third-order valence-electron chi connectivity index (χ3n) is 6.06. The number of nitrogens with zero attached hydrogens (tertiary/aromatic N) is 5. The number of hydrogen-bond acceptors (Lipinski definition) is 4. The Balaban J connectivity index is 1.84. The Morgan fingerprint density at radius 2 is 1.83 bits per heavy atom. The van der Waals surface area contributed by atoms with Gasteiger partial charge >= 0.3 is 0 Å². The van der Waals surface area contributed by atoms with Crippen molar-refractivity contribution in [3.05, 3.63) is 110 Å². The number of aromatic nitrogens is 5. The van der Waals surface area contributed by atoms with Gasteiger partial charge in [0.05, 0.1) is 23.9 Å². The summed E-state index contributed by atoms with van der Waals surface area (Å²) >= 11 is 2.19. The van der Waals surface area contributed by atoms with Crippen LogP contribution in [0.25, 0.3) is 22.3 Å². The van der Waals surface area contributed by atoms with Crippen molar-refractivity contribution in [2.45, 2.75) is 5.67 Å². The van der Waals surface area contributed by atoms with Crippen LogP contribution in [0.15, 0.2) is 78.1 Å². The first-order chi connectivity index (χ1) is 16.8. The molecule has 0 aliphatic heterocycles. The summed E-state index contributed by atoms with van der Waals surface area (Å²) in [6, 6.07) is 15.7. The number of aryl methyl sites for hydroxylation is 2. The summed E-state index contributed by atoms with van der Waals surface area (Å²) in [4.78, 5) is 25.9. The molecule has 0 spiro atoms. The lowest BCUT2D eigenvalue weighted by molar-refractivity contribution is 0.266. The third kappa shape index (κ3) is 3.82. The summed E-state index contributed by atoms with van der Waals surface area (Å²) in [6.45, 7) is 0. The van der Waals surface area contributed by atoms with Gasteiger partial charge < -0.3 is 4.57 Å². The Morgan fingerprint density at radius 1 is 1.06 bits per heavy atom. The zero-order chi connectivity index (χ0) is 24.7. The number of imidazole rings is 1. The number of hydrogen-bond donors (Lipinski definition) is 0. The van der Waals surface area contributed by atoms with E-state index in [4.69, 9.17) is 6.42 Å².